The number of benzene rings is 1. The number of thiophene rings is 1. The van der Waals surface area contributed by atoms with E-state index in [2.05, 4.69) is 13.5 Å². The minimum Gasteiger partial charge on any atom is -0.397 e. The summed E-state index contributed by atoms with van der Waals surface area (Å²) in [5, 5.41) is 0.980. The fourth-order valence-corrected chi connectivity index (χ4v) is 3.44. The molecule has 2 N–H and O–H groups in total. The summed E-state index contributed by atoms with van der Waals surface area (Å²) in [5.41, 5.74) is 7.93. The largest absolute Gasteiger partial charge is 0.397 e. The maximum absolute atomic E-state index is 12.6. The molecule has 0 atom stereocenters. The van der Waals surface area contributed by atoms with Crippen LogP contribution in [0.1, 0.15) is 28.6 Å². The molecule has 0 fully saturated rings. The number of nitrogens with two attached hydrogens (primary N) is 1. The number of anilines is 1. The van der Waals surface area contributed by atoms with Gasteiger partial charge in [-0.3, -0.25) is 4.79 Å². The van der Waals surface area contributed by atoms with Gasteiger partial charge < -0.3 is 10.6 Å². The van der Waals surface area contributed by atoms with Gasteiger partial charge in [-0.15, -0.1) is 17.9 Å². The van der Waals surface area contributed by atoms with Crippen LogP contribution in [-0.4, -0.2) is 23.9 Å². The summed E-state index contributed by atoms with van der Waals surface area (Å²) in [6.45, 7) is 9.09. The maximum atomic E-state index is 12.6. The first-order chi connectivity index (χ1) is 9.60. The molecule has 2 aromatic rings. The molecule has 0 radical (unpaired) electrons. The fraction of sp³-hybridized carbons (Fsp3) is 0.312. The Labute approximate surface area is 123 Å². The molecule has 2 rings (SSSR count). The number of nitrogen functional groups attached to an aromatic ring is 1. The number of hydrogen-bond acceptors (Lipinski definition) is 3. The van der Waals surface area contributed by atoms with Crippen molar-refractivity contribution in [3.63, 3.8) is 0 Å². The molecule has 0 aliphatic carbocycles. The summed E-state index contributed by atoms with van der Waals surface area (Å²) in [5.74, 6) is 0.00449. The van der Waals surface area contributed by atoms with E-state index in [9.17, 15) is 4.79 Å². The topological polar surface area (TPSA) is 46.3 Å². The minimum absolute atomic E-state index is 0.00449. The number of hydrogen-bond donors (Lipinski definition) is 1. The molecular weight excluding hydrogens is 268 g/mol. The average molecular weight is 288 g/mol. The van der Waals surface area contributed by atoms with Gasteiger partial charge in [-0.2, -0.15) is 0 Å². The van der Waals surface area contributed by atoms with Crippen LogP contribution in [0.2, 0.25) is 0 Å². The zero-order valence-electron chi connectivity index (χ0n) is 12.0. The van der Waals surface area contributed by atoms with E-state index in [1.165, 1.54) is 11.3 Å². The van der Waals surface area contributed by atoms with Crippen LogP contribution in [0, 0.1) is 6.92 Å². The summed E-state index contributed by atoms with van der Waals surface area (Å²) >= 11 is 1.49. The van der Waals surface area contributed by atoms with Crippen molar-refractivity contribution in [2.24, 2.45) is 0 Å². The van der Waals surface area contributed by atoms with Crippen LogP contribution in [0.15, 0.2) is 30.9 Å². The predicted octanol–water partition coefficient (Wildman–Crippen LogP) is 3.83. The summed E-state index contributed by atoms with van der Waals surface area (Å²) in [6.07, 6.45) is 2.67. The van der Waals surface area contributed by atoms with E-state index in [1.807, 2.05) is 25.1 Å². The second-order valence-corrected chi connectivity index (χ2v) is 5.86. The number of carbonyl (C=O) groups excluding carboxylic acids is 1. The highest BCUT2D eigenvalue weighted by Gasteiger charge is 2.21. The third-order valence-corrected chi connectivity index (χ3v) is 4.62. The van der Waals surface area contributed by atoms with E-state index in [4.69, 9.17) is 5.73 Å². The maximum Gasteiger partial charge on any atom is 0.266 e. The smallest absolute Gasteiger partial charge is 0.266 e. The summed E-state index contributed by atoms with van der Waals surface area (Å²) < 4.78 is 1.10. The predicted molar refractivity (Wildman–Crippen MR) is 87.4 cm³/mol. The zero-order valence-corrected chi connectivity index (χ0v) is 12.8. The van der Waals surface area contributed by atoms with Crippen LogP contribution >= 0.6 is 11.3 Å². The van der Waals surface area contributed by atoms with Gasteiger partial charge >= 0.3 is 0 Å². The Kier molecular flexibility index (Phi) is 4.45. The Bertz CT molecular complexity index is 645. The lowest BCUT2D eigenvalue weighted by atomic mass is 10.1. The van der Waals surface area contributed by atoms with Gasteiger partial charge in [-0.05, 0) is 18.9 Å². The molecule has 0 saturated carbocycles. The highest BCUT2D eigenvalue weighted by Crippen LogP contribution is 2.36. The van der Waals surface area contributed by atoms with Gasteiger partial charge in [-0.25, -0.2) is 0 Å². The fourth-order valence-electron chi connectivity index (χ4n) is 2.28. The number of aryl methyl sites for hydroxylation is 1. The van der Waals surface area contributed by atoms with Gasteiger partial charge in [0.2, 0.25) is 0 Å². The van der Waals surface area contributed by atoms with Crippen LogP contribution in [-0.2, 0) is 0 Å². The Morgan fingerprint density at radius 1 is 1.50 bits per heavy atom. The lowest BCUT2D eigenvalue weighted by molar-refractivity contribution is 0.0780. The van der Waals surface area contributed by atoms with Gasteiger partial charge in [0.1, 0.15) is 4.88 Å². The monoisotopic (exact) mass is 288 g/mol. The third kappa shape index (κ3) is 2.56. The molecule has 106 valence electrons. The molecule has 20 heavy (non-hydrogen) atoms. The van der Waals surface area contributed by atoms with Crippen molar-refractivity contribution < 1.29 is 4.79 Å². The molecule has 0 spiro atoms. The van der Waals surface area contributed by atoms with E-state index < -0.39 is 0 Å². The Morgan fingerprint density at radius 3 is 2.85 bits per heavy atom. The molecular formula is C16H20N2OS. The van der Waals surface area contributed by atoms with Gasteiger partial charge in [0.25, 0.3) is 5.91 Å². The van der Waals surface area contributed by atoms with Crippen molar-refractivity contribution >= 4 is 33.0 Å². The van der Waals surface area contributed by atoms with Crippen molar-refractivity contribution in [3.05, 3.63) is 41.3 Å². The molecule has 0 bridgehead atoms. The number of carbonyl (C=O) groups is 1. The van der Waals surface area contributed by atoms with E-state index in [0.29, 0.717) is 17.1 Å². The highest BCUT2D eigenvalue weighted by atomic mass is 32.1. The third-order valence-electron chi connectivity index (χ3n) is 3.28. The SMILES string of the molecule is C=CCN(CCC)C(=O)c1sc2c(C)cccc2c1N. The van der Waals surface area contributed by atoms with Crippen LogP contribution < -0.4 is 5.73 Å². The van der Waals surface area contributed by atoms with Gasteiger partial charge in [0, 0.05) is 23.2 Å². The van der Waals surface area contributed by atoms with Gasteiger partial charge in [-0.1, -0.05) is 31.2 Å². The second kappa shape index (κ2) is 6.09. The first-order valence-corrected chi connectivity index (χ1v) is 7.59. The molecule has 0 aliphatic heterocycles. The van der Waals surface area contributed by atoms with Crippen molar-refractivity contribution in [1.82, 2.24) is 4.90 Å². The van der Waals surface area contributed by atoms with Crippen LogP contribution in [0.5, 0.6) is 0 Å². The van der Waals surface area contributed by atoms with E-state index in [0.717, 1.165) is 28.6 Å². The quantitative estimate of drug-likeness (QED) is 0.850. The highest BCUT2D eigenvalue weighted by molar-refractivity contribution is 7.21. The molecule has 0 saturated heterocycles. The minimum atomic E-state index is 0.00449. The standard InChI is InChI=1S/C16H20N2OS/c1-4-9-18(10-5-2)16(19)15-13(17)12-8-6-7-11(3)14(12)20-15/h4,6-8H,1,5,9-10,17H2,2-3H3. The lowest BCUT2D eigenvalue weighted by Gasteiger charge is -2.19. The molecule has 1 heterocycles. The van der Waals surface area contributed by atoms with Crippen molar-refractivity contribution in [2.75, 3.05) is 18.8 Å². The number of rotatable bonds is 5. The Morgan fingerprint density at radius 2 is 2.25 bits per heavy atom. The Hall–Kier alpha value is -1.81. The van der Waals surface area contributed by atoms with Crippen molar-refractivity contribution in [3.8, 4) is 0 Å². The molecule has 4 heteroatoms. The van der Waals surface area contributed by atoms with Crippen LogP contribution in [0.3, 0.4) is 0 Å². The average Bonchev–Trinajstić information content (AvgIpc) is 2.77. The summed E-state index contributed by atoms with van der Waals surface area (Å²) in [4.78, 5) is 15.1. The first-order valence-electron chi connectivity index (χ1n) is 6.77. The van der Waals surface area contributed by atoms with E-state index >= 15 is 0 Å². The number of nitrogens with zero attached hydrogens (tertiary/aromatic N) is 1. The molecule has 0 aliphatic rings. The van der Waals surface area contributed by atoms with Gasteiger partial charge in [0.05, 0.1) is 5.69 Å². The number of amides is 1. The molecule has 1 amide bonds. The van der Waals surface area contributed by atoms with Crippen molar-refractivity contribution in [1.29, 1.82) is 0 Å². The Balaban J connectivity index is 2.46. The van der Waals surface area contributed by atoms with Crippen LogP contribution in [0.25, 0.3) is 10.1 Å². The van der Waals surface area contributed by atoms with Crippen LogP contribution in [0.4, 0.5) is 5.69 Å². The first kappa shape index (κ1) is 14.6. The number of fused-ring (bicyclic) bond motifs is 1. The zero-order chi connectivity index (χ0) is 14.7. The molecule has 3 nitrogen and oxygen atoms in total. The second-order valence-electron chi connectivity index (χ2n) is 4.84. The molecule has 1 aromatic carbocycles. The molecule has 0 unspecified atom stereocenters. The van der Waals surface area contributed by atoms with E-state index in [-0.39, 0.29) is 5.91 Å². The summed E-state index contributed by atoms with van der Waals surface area (Å²) in [7, 11) is 0. The molecule has 1 aromatic heterocycles. The normalized spacial score (nSPS) is 10.7. The van der Waals surface area contributed by atoms with Gasteiger partial charge in [0.15, 0.2) is 0 Å². The lowest BCUT2D eigenvalue weighted by Crippen LogP contribution is -2.31. The van der Waals surface area contributed by atoms with E-state index in [1.54, 1.807) is 11.0 Å². The van der Waals surface area contributed by atoms with Crippen molar-refractivity contribution in [2.45, 2.75) is 20.3 Å². The summed E-state index contributed by atoms with van der Waals surface area (Å²) in [6, 6.07) is 5.99.